The fourth-order valence-corrected chi connectivity index (χ4v) is 1.90. The molecule has 0 fully saturated rings. The molecule has 1 aromatic rings. The van der Waals surface area contributed by atoms with Gasteiger partial charge in [-0.15, -0.1) is 37.0 Å². The molecule has 0 radical (unpaired) electrons. The van der Waals surface area contributed by atoms with Crippen molar-refractivity contribution in [3.05, 3.63) is 35.9 Å². The molecule has 1 aliphatic carbocycles. The Morgan fingerprint density at radius 1 is 0.950 bits per heavy atom. The number of allylic oxidation sites excluding steroid dienone is 4. The van der Waals surface area contributed by atoms with Gasteiger partial charge in [-0.25, -0.2) is 0 Å². The molecule has 1 aliphatic rings. The van der Waals surface area contributed by atoms with E-state index in [1.54, 1.807) is 21.3 Å². The summed E-state index contributed by atoms with van der Waals surface area (Å²) < 4.78 is 16.0. The molecule has 0 atom stereocenters. The number of ether oxygens (including phenoxy) is 3. The molecule has 0 saturated carbocycles. The van der Waals surface area contributed by atoms with Gasteiger partial charge in [-0.05, 0) is 6.07 Å². The fraction of sp³-hybridized carbons (Fsp3) is 0.286. The first-order valence-electron chi connectivity index (χ1n) is 5.38. The molecule has 110 valence electrons. The van der Waals surface area contributed by atoms with Crippen LogP contribution in [0.3, 0.4) is 0 Å². The third-order valence-corrected chi connectivity index (χ3v) is 2.69. The summed E-state index contributed by atoms with van der Waals surface area (Å²) >= 11 is 0. The zero-order valence-corrected chi connectivity index (χ0v) is 14.8. The number of benzene rings is 1. The molecule has 0 N–H and O–H groups in total. The smallest absolute Gasteiger partial charge is 0.190 e. The second-order valence-electron chi connectivity index (χ2n) is 3.58. The maximum atomic E-state index is 5.42. The number of hydrogen-bond acceptors (Lipinski definition) is 3. The molecule has 3 nitrogen and oxygen atoms in total. The zero-order valence-electron chi connectivity index (χ0n) is 11.6. The summed E-state index contributed by atoms with van der Waals surface area (Å²) in [6.07, 6.45) is 8.20. The zero-order chi connectivity index (χ0) is 12.3. The minimum Gasteiger partial charge on any atom is -0.505 e. The van der Waals surface area contributed by atoms with Crippen molar-refractivity contribution in [2.75, 3.05) is 21.3 Å². The van der Waals surface area contributed by atoms with Crippen LogP contribution in [-0.4, -0.2) is 21.3 Å². The Labute approximate surface area is 147 Å². The van der Waals surface area contributed by atoms with E-state index in [0.29, 0.717) is 17.2 Å². The van der Waals surface area contributed by atoms with Gasteiger partial charge in [-0.1, -0.05) is 12.0 Å². The molecule has 0 saturated heterocycles. The van der Waals surface area contributed by atoms with E-state index in [1.807, 2.05) is 18.2 Å². The van der Waals surface area contributed by atoms with Crippen LogP contribution < -0.4 is 14.2 Å². The normalized spacial score (nSPS) is 11.4. The average molecular weight is 352 g/mol. The van der Waals surface area contributed by atoms with Crippen LogP contribution in [0.5, 0.6) is 17.2 Å². The molecule has 0 aliphatic heterocycles. The first-order chi connectivity index (χ1) is 8.31. The quantitative estimate of drug-likeness (QED) is 0.611. The van der Waals surface area contributed by atoms with Crippen LogP contribution >= 0.6 is 24.8 Å². The molecular weight excluding hydrogens is 335 g/mol. The van der Waals surface area contributed by atoms with Crippen LogP contribution in [-0.2, 0) is 21.7 Å². The van der Waals surface area contributed by atoms with Crippen LogP contribution in [0.2, 0.25) is 0 Å². The summed E-state index contributed by atoms with van der Waals surface area (Å²) in [6.45, 7) is 0. The van der Waals surface area contributed by atoms with E-state index in [2.05, 4.69) is 12.2 Å². The number of hydrogen-bond donors (Lipinski definition) is 0. The van der Waals surface area contributed by atoms with Crippen LogP contribution in [0.25, 0.3) is 5.57 Å². The Bertz CT molecular complexity index is 488. The maximum Gasteiger partial charge on any atom is 0.190 e. The van der Waals surface area contributed by atoms with Crippen LogP contribution in [0.15, 0.2) is 24.3 Å². The molecule has 0 heterocycles. The van der Waals surface area contributed by atoms with Gasteiger partial charge in [-0.3, -0.25) is 0 Å². The van der Waals surface area contributed by atoms with Gasteiger partial charge in [0.1, 0.15) is 5.75 Å². The molecule has 1 aromatic carbocycles. The monoisotopic (exact) mass is 351 g/mol. The first kappa shape index (κ1) is 21.7. The van der Waals surface area contributed by atoms with Gasteiger partial charge in [-0.2, -0.15) is 17.7 Å². The molecule has 0 amide bonds. The Kier molecular flexibility index (Phi) is 11.0. The SMILES string of the molecule is COc1ccc(C2=[C-]CC=C2)c(OC)c1OC.Cl.Cl.[Ti]. The van der Waals surface area contributed by atoms with Crippen molar-refractivity contribution in [1.29, 1.82) is 0 Å². The summed E-state index contributed by atoms with van der Waals surface area (Å²) in [7, 11) is 4.84. The second kappa shape index (κ2) is 10.2. The van der Waals surface area contributed by atoms with Gasteiger partial charge >= 0.3 is 0 Å². The fourth-order valence-electron chi connectivity index (χ4n) is 1.90. The summed E-state index contributed by atoms with van der Waals surface area (Å²) in [5.41, 5.74) is 2.00. The van der Waals surface area contributed by atoms with Gasteiger partial charge in [0, 0.05) is 21.7 Å². The van der Waals surface area contributed by atoms with Crippen molar-refractivity contribution < 1.29 is 35.9 Å². The Hall–Kier alpha value is -0.606. The summed E-state index contributed by atoms with van der Waals surface area (Å²) in [5.74, 6) is 1.96. The van der Waals surface area contributed by atoms with Crippen molar-refractivity contribution in [2.45, 2.75) is 6.42 Å². The predicted molar refractivity (Wildman–Crippen MR) is 81.0 cm³/mol. The Morgan fingerprint density at radius 3 is 2.05 bits per heavy atom. The second-order valence-corrected chi connectivity index (χ2v) is 3.58. The summed E-state index contributed by atoms with van der Waals surface area (Å²) in [4.78, 5) is 0. The maximum absolute atomic E-state index is 5.42. The number of halogens is 2. The van der Waals surface area contributed by atoms with E-state index in [4.69, 9.17) is 14.2 Å². The van der Waals surface area contributed by atoms with Crippen molar-refractivity contribution in [2.24, 2.45) is 0 Å². The third-order valence-electron chi connectivity index (χ3n) is 2.69. The average Bonchev–Trinajstić information content (AvgIpc) is 2.90. The Balaban J connectivity index is 0. The van der Waals surface area contributed by atoms with Crippen LogP contribution in [0.1, 0.15) is 12.0 Å². The molecule has 0 spiro atoms. The van der Waals surface area contributed by atoms with Gasteiger partial charge in [0.05, 0.1) is 21.3 Å². The molecule has 6 heteroatoms. The van der Waals surface area contributed by atoms with Crippen molar-refractivity contribution in [1.82, 2.24) is 0 Å². The topological polar surface area (TPSA) is 27.7 Å². The molecule has 0 bridgehead atoms. The largest absolute Gasteiger partial charge is 0.505 e. The predicted octanol–water partition coefficient (Wildman–Crippen LogP) is 3.70. The van der Waals surface area contributed by atoms with Crippen LogP contribution in [0.4, 0.5) is 0 Å². The molecule has 2 rings (SSSR count). The molecule has 20 heavy (non-hydrogen) atoms. The van der Waals surface area contributed by atoms with Gasteiger partial charge < -0.3 is 14.2 Å². The first-order valence-corrected chi connectivity index (χ1v) is 5.38. The van der Waals surface area contributed by atoms with E-state index in [9.17, 15) is 0 Å². The molecule has 0 unspecified atom stereocenters. The van der Waals surface area contributed by atoms with Crippen molar-refractivity contribution in [3.8, 4) is 17.2 Å². The third kappa shape index (κ3) is 4.19. The van der Waals surface area contributed by atoms with E-state index in [1.165, 1.54) is 0 Å². The minimum atomic E-state index is 0. The van der Waals surface area contributed by atoms with Gasteiger partial charge in [0.25, 0.3) is 0 Å². The van der Waals surface area contributed by atoms with Crippen molar-refractivity contribution >= 4 is 30.4 Å². The minimum absolute atomic E-state index is 0. The number of rotatable bonds is 4. The van der Waals surface area contributed by atoms with E-state index in [-0.39, 0.29) is 46.5 Å². The van der Waals surface area contributed by atoms with Crippen molar-refractivity contribution in [3.63, 3.8) is 0 Å². The molecular formula is C14H17Cl2O3Ti-. The van der Waals surface area contributed by atoms with E-state index in [0.717, 1.165) is 17.6 Å². The molecule has 0 aromatic heterocycles. The standard InChI is InChI=1S/C14H15O3.2ClH.Ti/c1-15-12-9-8-11(10-6-4-5-7-10)13(16-2)14(12)17-3;;;/h4,6,8-9H,5H2,1-3H3;2*1H;/q-1;;;. The van der Waals surface area contributed by atoms with Gasteiger partial charge in [0.2, 0.25) is 0 Å². The summed E-state index contributed by atoms with van der Waals surface area (Å²) in [6, 6.07) is 3.83. The van der Waals surface area contributed by atoms with E-state index < -0.39 is 0 Å². The number of methoxy groups -OCH3 is 3. The van der Waals surface area contributed by atoms with Gasteiger partial charge in [0.15, 0.2) is 11.5 Å². The summed E-state index contributed by atoms with van der Waals surface area (Å²) in [5, 5.41) is 0. The Morgan fingerprint density at radius 2 is 1.60 bits per heavy atom. The van der Waals surface area contributed by atoms with E-state index >= 15 is 0 Å². The van der Waals surface area contributed by atoms with Crippen LogP contribution in [0, 0.1) is 6.08 Å².